The van der Waals surface area contributed by atoms with Gasteiger partial charge in [0.15, 0.2) is 5.65 Å². The van der Waals surface area contributed by atoms with Crippen LogP contribution in [0.1, 0.15) is 80.9 Å². The molecule has 0 saturated carbocycles. The summed E-state index contributed by atoms with van der Waals surface area (Å²) in [6, 6.07) is 38.6. The Balaban J connectivity index is 0.000000110. The molecule has 14 N–H and O–H groups in total. The van der Waals surface area contributed by atoms with Crippen LogP contribution in [0.15, 0.2) is 233 Å². The fraction of sp³-hybridized carbons (Fsp3) is 0.102. The molecular weight excluding hydrogens is 1840 g/mol. The van der Waals surface area contributed by atoms with Gasteiger partial charge in [-0.1, -0.05) is 41.4 Å². The van der Waals surface area contributed by atoms with Gasteiger partial charge in [-0.2, -0.15) is 0 Å². The van der Waals surface area contributed by atoms with Crippen molar-refractivity contribution in [2.24, 2.45) is 0 Å². The van der Waals surface area contributed by atoms with Gasteiger partial charge in [0.25, 0.3) is 33.4 Å². The Morgan fingerprint density at radius 1 is 0.417 bits per heavy atom. The summed E-state index contributed by atoms with van der Waals surface area (Å²) in [6.07, 6.45) is 13.5. The number of carboxylic acid groups (broad SMARTS) is 4. The van der Waals surface area contributed by atoms with Gasteiger partial charge in [0.2, 0.25) is 11.5 Å². The minimum atomic E-state index is -1.33. The average molecular weight is 1910 g/mol. The Morgan fingerprint density at radius 3 is 1.40 bits per heavy atom. The number of nitrogens with zero attached hydrogens (tertiary/aromatic N) is 9. The van der Waals surface area contributed by atoms with Crippen molar-refractivity contribution in [3.05, 3.63) is 352 Å². The first-order chi connectivity index (χ1) is 67.2. The second kappa shape index (κ2) is 34.6. The second-order valence-corrected chi connectivity index (χ2v) is 33.3. The lowest BCUT2D eigenvalue weighted by Crippen LogP contribution is -2.15. The lowest BCUT2D eigenvalue weighted by Gasteiger charge is -2.12. The number of rotatable bonds is 16. The molecule has 0 amide bonds. The Hall–Kier alpha value is -18.4. The number of carbonyl (C=O) groups is 4. The SMILES string of the molecule is Nc1nc2cc(Cl)c(Cn3c(C(=O)O)c(-c4ccc[nH]c4=O)c4c5c(ccc43)CCO5)cc2c(=O)[nH]1.O=C(O)c1c(-c2ccc[nH]c2=O)c2c3c(ccc2n1Cc1cc2[nH]cnc2nc1Cl)CCO3.O=C(O)c1c(-c2ccc[nH]c2=O)c2c3c(ccc2n1Cc1cc2c(=O)[nH]cnc2cc1F)CCO3.O=C(O)c1c(-c2ccc[nH]c2=O)c2c3occc3c(F)cc2n1Cc1cc(=O)[nH]c2cccnc12. The van der Waals surface area contributed by atoms with Crippen LogP contribution in [-0.4, -0.2) is 147 Å². The molecular formula is C98H66Cl2F2N18O19. The van der Waals surface area contributed by atoms with Gasteiger partial charge in [0.1, 0.15) is 62.4 Å². The number of aromatic amines is 8. The van der Waals surface area contributed by atoms with Gasteiger partial charge in [-0.15, -0.1) is 0 Å². The number of nitrogens with two attached hydrogens (primary N) is 1. The Kier molecular flexibility index (Phi) is 21.7. The molecule has 0 fully saturated rings. The lowest BCUT2D eigenvalue weighted by molar-refractivity contribution is 0.0676. The number of furan rings is 1. The molecule has 6 aromatic carbocycles. The fourth-order valence-electron chi connectivity index (χ4n) is 18.8. The molecule has 0 spiro atoms. The summed E-state index contributed by atoms with van der Waals surface area (Å²) < 4.78 is 59.4. The van der Waals surface area contributed by atoms with Crippen molar-refractivity contribution < 1.29 is 67.0 Å². The maximum atomic E-state index is 15.1. The van der Waals surface area contributed by atoms with E-state index in [2.05, 4.69) is 64.8 Å². The summed E-state index contributed by atoms with van der Waals surface area (Å²) in [7, 11) is 0. The number of pyridine rings is 7. The van der Waals surface area contributed by atoms with E-state index >= 15 is 8.78 Å². The van der Waals surface area contributed by atoms with Crippen molar-refractivity contribution in [3.63, 3.8) is 0 Å². The molecule has 15 aromatic heterocycles. The number of anilines is 1. The standard InChI is InChI=1S/C25H18ClN5O5.C25H15FN4O5.C25H17FN4O5.C23H16ClN5O4/c26-15-9-16-14(23(33)30-25(27)29-16)8-12(15)10-31-17-4-3-11-5-7-36-21(11)19(17)18(20(31)24(34)35)13-2-1-6-28-22(13)32;26-15-10-17-20(23-13(15)5-8-35-23)19(14-3-1-7-28-24(14)32)22(25(33)34)30(17)11-12-9-18(31)29-16-4-2-6-27-21(12)16;26-16-9-17-15(24(32)29-11-28-17)8-13(16)10-30-18-4-3-12-5-7-35-22(12)20(18)19(21(30)25(33)34)14-2-1-6-27-23(14)31;24-20-12(8-14-21(28-20)27-10-26-14)9-29-15-4-3-11-5-7-33-19(11)17(15)16(18(29)23(31)32)13-2-1-6-25-22(13)30/h1-4,6,8-9H,5,7,10H2,(H,28,32)(H,34,35)(H3,27,29,30,33);1-10H,11H2,(H,28,32)(H,29,31)(H,33,34);1-4,6,8-9,11H,5,7,10H2,(H,27,31)(H,33,34)(H,28,29,32);1-4,6,8,10H,5,7,9H2,(H,25,30)(H,31,32)(H,26,27,28). The molecule has 18 heterocycles. The molecule has 3 aliphatic heterocycles. The van der Waals surface area contributed by atoms with Crippen LogP contribution < -0.4 is 58.9 Å². The zero-order valence-electron chi connectivity index (χ0n) is 71.6. The molecule has 21 aromatic rings. The minimum Gasteiger partial charge on any atom is -0.492 e. The van der Waals surface area contributed by atoms with Crippen molar-refractivity contribution in [2.45, 2.75) is 45.4 Å². The normalized spacial score (nSPS) is 12.5. The van der Waals surface area contributed by atoms with Crippen molar-refractivity contribution in [1.29, 1.82) is 0 Å². The molecule has 139 heavy (non-hydrogen) atoms. The van der Waals surface area contributed by atoms with Gasteiger partial charge in [-0.05, 0) is 138 Å². The summed E-state index contributed by atoms with van der Waals surface area (Å²) in [5, 5.41) is 44.3. The van der Waals surface area contributed by atoms with Crippen LogP contribution in [0.25, 0.3) is 143 Å². The second-order valence-electron chi connectivity index (χ2n) is 32.5. The van der Waals surface area contributed by atoms with Crippen LogP contribution in [0, 0.1) is 11.6 Å². The number of benzene rings is 6. The van der Waals surface area contributed by atoms with E-state index in [1.807, 2.05) is 30.3 Å². The van der Waals surface area contributed by atoms with Gasteiger partial charge >= 0.3 is 23.9 Å². The number of hydrogen-bond acceptors (Lipinski definition) is 21. The predicted octanol–water partition coefficient (Wildman–Crippen LogP) is 13.7. The molecule has 0 atom stereocenters. The predicted molar refractivity (Wildman–Crippen MR) is 509 cm³/mol. The van der Waals surface area contributed by atoms with E-state index in [4.69, 9.17) is 47.6 Å². The maximum Gasteiger partial charge on any atom is 0.353 e. The summed E-state index contributed by atoms with van der Waals surface area (Å²) in [4.78, 5) is 180. The van der Waals surface area contributed by atoms with Gasteiger partial charge in [-0.25, -0.2) is 47.9 Å². The monoisotopic (exact) mass is 1910 g/mol. The first-order valence-corrected chi connectivity index (χ1v) is 43.4. The summed E-state index contributed by atoms with van der Waals surface area (Å²) in [5.74, 6) is -4.59. The first-order valence-electron chi connectivity index (χ1n) is 42.6. The molecule has 0 saturated heterocycles. The van der Waals surface area contributed by atoms with Crippen molar-refractivity contribution in [3.8, 4) is 61.8 Å². The van der Waals surface area contributed by atoms with Crippen molar-refractivity contribution in [1.82, 2.24) is 83.1 Å². The zero-order chi connectivity index (χ0) is 96.4. The van der Waals surface area contributed by atoms with E-state index in [0.29, 0.717) is 133 Å². The van der Waals surface area contributed by atoms with Crippen LogP contribution in [-0.2, 0) is 45.4 Å². The van der Waals surface area contributed by atoms with E-state index in [9.17, 15) is 73.2 Å². The molecule has 0 bridgehead atoms. The smallest absolute Gasteiger partial charge is 0.353 e. The van der Waals surface area contributed by atoms with E-state index in [-0.39, 0.29) is 153 Å². The third-order valence-electron chi connectivity index (χ3n) is 24.6. The van der Waals surface area contributed by atoms with Crippen LogP contribution in [0.5, 0.6) is 17.2 Å². The van der Waals surface area contributed by atoms with E-state index < -0.39 is 68.9 Å². The summed E-state index contributed by atoms with van der Waals surface area (Å²) in [5.41, 5.74) is 12.7. The maximum absolute atomic E-state index is 15.1. The third-order valence-corrected chi connectivity index (χ3v) is 25.3. The lowest BCUT2D eigenvalue weighted by atomic mass is 10.0. The summed E-state index contributed by atoms with van der Waals surface area (Å²) in [6.45, 7) is 1.22. The van der Waals surface area contributed by atoms with Gasteiger partial charge in [0.05, 0.1) is 168 Å². The number of nitrogen functional groups attached to an aromatic ring is 1. The number of fused-ring (bicyclic) bond motifs is 16. The Bertz CT molecular complexity index is 9360. The van der Waals surface area contributed by atoms with Crippen LogP contribution >= 0.6 is 23.2 Å². The summed E-state index contributed by atoms with van der Waals surface area (Å²) >= 11 is 13.0. The molecule has 24 rings (SSSR count). The topological polar surface area (TPSA) is 546 Å². The molecule has 41 heteroatoms. The number of hydrogen-bond donors (Lipinski definition) is 13. The number of aromatic nitrogens is 17. The van der Waals surface area contributed by atoms with E-state index in [1.165, 1.54) is 89.2 Å². The van der Waals surface area contributed by atoms with E-state index in [1.54, 1.807) is 88.1 Å². The number of halogens is 4. The number of H-pyrrole nitrogens is 8. The molecule has 0 unspecified atom stereocenters. The zero-order valence-corrected chi connectivity index (χ0v) is 73.1. The van der Waals surface area contributed by atoms with Crippen LogP contribution in [0.2, 0.25) is 10.2 Å². The van der Waals surface area contributed by atoms with Gasteiger partial charge in [0, 0.05) is 113 Å². The largest absolute Gasteiger partial charge is 0.492 e. The Labute approximate surface area is 781 Å². The number of imidazole rings is 1. The highest BCUT2D eigenvalue weighted by Gasteiger charge is 2.37. The molecule has 0 aliphatic carbocycles. The van der Waals surface area contributed by atoms with E-state index in [0.717, 1.165) is 29.2 Å². The first kappa shape index (κ1) is 87.3. The number of carboxylic acids is 4. The van der Waals surface area contributed by atoms with Crippen molar-refractivity contribution in [2.75, 3.05) is 25.6 Å². The number of nitrogens with one attached hydrogen (secondary N) is 8. The number of aromatic carboxylic acids is 4. The average Bonchev–Trinajstić information content (AvgIpc) is 1.58. The third kappa shape index (κ3) is 15.0. The van der Waals surface area contributed by atoms with Crippen molar-refractivity contribution >= 4 is 152 Å². The minimum absolute atomic E-state index is 0.0141. The fourth-order valence-corrected chi connectivity index (χ4v) is 19.2. The quantitative estimate of drug-likeness (QED) is 0.0400. The van der Waals surface area contributed by atoms with Gasteiger partial charge < -0.3 is 97.9 Å². The highest BCUT2D eigenvalue weighted by Crippen LogP contribution is 2.49. The van der Waals surface area contributed by atoms with Gasteiger partial charge in [-0.3, -0.25) is 43.5 Å². The molecule has 37 nitrogen and oxygen atoms in total. The molecule has 3 aliphatic rings. The van der Waals surface area contributed by atoms with Crippen LogP contribution in [0.3, 0.4) is 0 Å². The highest BCUT2D eigenvalue weighted by molar-refractivity contribution is 6.32. The molecule has 690 valence electrons. The highest BCUT2D eigenvalue weighted by atomic mass is 35.5. The van der Waals surface area contributed by atoms with Crippen LogP contribution in [0.4, 0.5) is 14.7 Å². The number of ether oxygens (including phenoxy) is 3. The molecule has 0 radical (unpaired) electrons. The Morgan fingerprint density at radius 2 is 0.885 bits per heavy atom.